The minimum absolute atomic E-state index is 0.107. The molecule has 13 heavy (non-hydrogen) atoms. The molecule has 0 aromatic rings. The molecule has 0 radical (unpaired) electrons. The summed E-state index contributed by atoms with van der Waals surface area (Å²) in [5.41, 5.74) is 5.36. The molecule has 1 amide bonds. The van der Waals surface area contributed by atoms with E-state index in [1.54, 1.807) is 6.92 Å². The first-order chi connectivity index (χ1) is 6.04. The van der Waals surface area contributed by atoms with Gasteiger partial charge in [0.05, 0.1) is 12.1 Å². The van der Waals surface area contributed by atoms with Crippen molar-refractivity contribution in [1.82, 2.24) is 5.32 Å². The van der Waals surface area contributed by atoms with Gasteiger partial charge in [-0.05, 0) is 27.2 Å². The second-order valence-electron chi connectivity index (χ2n) is 3.35. The Labute approximate surface area is 79.8 Å². The zero-order valence-corrected chi connectivity index (χ0v) is 8.67. The highest BCUT2D eigenvalue weighted by atomic mass is 16.5. The van der Waals surface area contributed by atoms with Gasteiger partial charge in [-0.15, -0.1) is 0 Å². The predicted octanol–water partition coefficient (Wildman–Crippen LogP) is 0.265. The molecule has 0 aromatic heterocycles. The molecule has 0 saturated carbocycles. The molecule has 0 rings (SSSR count). The van der Waals surface area contributed by atoms with Crippen LogP contribution in [0.3, 0.4) is 0 Å². The molecular formula is C9H20N2O2. The van der Waals surface area contributed by atoms with Crippen LogP contribution in [0.2, 0.25) is 0 Å². The van der Waals surface area contributed by atoms with Crippen LogP contribution < -0.4 is 11.1 Å². The smallest absolute Gasteiger partial charge is 0.236 e. The van der Waals surface area contributed by atoms with Crippen molar-refractivity contribution in [2.45, 2.75) is 39.3 Å². The number of hydrogen-bond acceptors (Lipinski definition) is 3. The van der Waals surface area contributed by atoms with E-state index in [-0.39, 0.29) is 12.0 Å². The molecule has 0 saturated heterocycles. The van der Waals surface area contributed by atoms with E-state index >= 15 is 0 Å². The molecule has 3 N–H and O–H groups in total. The lowest BCUT2D eigenvalue weighted by Gasteiger charge is -2.09. The highest BCUT2D eigenvalue weighted by Crippen LogP contribution is 1.89. The Morgan fingerprint density at radius 3 is 2.54 bits per heavy atom. The van der Waals surface area contributed by atoms with Crippen molar-refractivity contribution in [1.29, 1.82) is 0 Å². The summed E-state index contributed by atoms with van der Waals surface area (Å²) in [6.07, 6.45) is 1.08. The van der Waals surface area contributed by atoms with Gasteiger partial charge in [0.2, 0.25) is 5.91 Å². The van der Waals surface area contributed by atoms with Crippen molar-refractivity contribution < 1.29 is 9.53 Å². The van der Waals surface area contributed by atoms with Crippen molar-refractivity contribution >= 4 is 5.91 Å². The first kappa shape index (κ1) is 12.4. The van der Waals surface area contributed by atoms with E-state index in [2.05, 4.69) is 5.32 Å². The Balaban J connectivity index is 3.21. The van der Waals surface area contributed by atoms with Gasteiger partial charge in [0, 0.05) is 13.2 Å². The quantitative estimate of drug-likeness (QED) is 0.588. The van der Waals surface area contributed by atoms with Crippen molar-refractivity contribution in [3.05, 3.63) is 0 Å². The van der Waals surface area contributed by atoms with Crippen LogP contribution in [0.25, 0.3) is 0 Å². The van der Waals surface area contributed by atoms with Crippen LogP contribution in [0, 0.1) is 0 Å². The van der Waals surface area contributed by atoms with Crippen molar-refractivity contribution in [3.63, 3.8) is 0 Å². The molecule has 0 spiro atoms. The summed E-state index contributed by atoms with van der Waals surface area (Å²) < 4.78 is 5.30. The fraction of sp³-hybridized carbons (Fsp3) is 0.889. The molecule has 78 valence electrons. The van der Waals surface area contributed by atoms with Crippen LogP contribution in [0.4, 0.5) is 0 Å². The Hall–Kier alpha value is -0.610. The third-order valence-corrected chi connectivity index (χ3v) is 1.49. The van der Waals surface area contributed by atoms with Crippen molar-refractivity contribution in [2.75, 3.05) is 13.2 Å². The highest BCUT2D eigenvalue weighted by molar-refractivity contribution is 5.80. The Kier molecular flexibility index (Phi) is 6.54. The van der Waals surface area contributed by atoms with E-state index in [1.165, 1.54) is 0 Å². The number of carbonyl (C=O) groups excluding carboxylic acids is 1. The number of carbonyl (C=O) groups is 1. The fourth-order valence-corrected chi connectivity index (χ4v) is 0.764. The summed E-state index contributed by atoms with van der Waals surface area (Å²) in [5, 5.41) is 2.71. The number of rotatable bonds is 6. The molecule has 1 atom stereocenters. The van der Waals surface area contributed by atoms with Crippen molar-refractivity contribution in [2.24, 2.45) is 5.73 Å². The number of ether oxygens (including phenoxy) is 1. The maximum atomic E-state index is 11.0. The average molecular weight is 188 g/mol. The fourth-order valence-electron chi connectivity index (χ4n) is 0.764. The van der Waals surface area contributed by atoms with E-state index in [0.29, 0.717) is 13.2 Å². The SMILES string of the molecule is CC(C)OCCCNC(=O)[C@H](C)N. The van der Waals surface area contributed by atoms with Gasteiger partial charge in [-0.25, -0.2) is 0 Å². The Bertz CT molecular complexity index is 147. The maximum Gasteiger partial charge on any atom is 0.236 e. The summed E-state index contributed by atoms with van der Waals surface area (Å²) in [6.45, 7) is 6.95. The molecule has 4 nitrogen and oxygen atoms in total. The van der Waals surface area contributed by atoms with Crippen LogP contribution in [-0.2, 0) is 9.53 Å². The summed E-state index contributed by atoms with van der Waals surface area (Å²) in [6, 6.07) is -0.425. The highest BCUT2D eigenvalue weighted by Gasteiger charge is 2.04. The average Bonchev–Trinajstić information content (AvgIpc) is 2.02. The Morgan fingerprint density at radius 1 is 1.46 bits per heavy atom. The molecule has 0 unspecified atom stereocenters. The third-order valence-electron chi connectivity index (χ3n) is 1.49. The summed E-state index contributed by atoms with van der Waals surface area (Å²) in [7, 11) is 0. The summed E-state index contributed by atoms with van der Waals surface area (Å²) in [4.78, 5) is 11.0. The lowest BCUT2D eigenvalue weighted by atomic mass is 10.3. The molecular weight excluding hydrogens is 168 g/mol. The van der Waals surface area contributed by atoms with Gasteiger partial charge in [-0.3, -0.25) is 4.79 Å². The molecule has 0 aliphatic carbocycles. The molecule has 0 bridgehead atoms. The lowest BCUT2D eigenvalue weighted by Crippen LogP contribution is -2.38. The number of nitrogens with two attached hydrogens (primary N) is 1. The minimum Gasteiger partial charge on any atom is -0.379 e. The van der Waals surface area contributed by atoms with E-state index < -0.39 is 6.04 Å². The topological polar surface area (TPSA) is 64.3 Å². The van der Waals surface area contributed by atoms with Gasteiger partial charge < -0.3 is 15.8 Å². The number of nitrogens with one attached hydrogen (secondary N) is 1. The lowest BCUT2D eigenvalue weighted by molar-refractivity contribution is -0.122. The summed E-state index contributed by atoms with van der Waals surface area (Å²) >= 11 is 0. The standard InChI is InChI=1S/C9H20N2O2/c1-7(2)13-6-4-5-11-9(12)8(3)10/h7-8H,4-6,10H2,1-3H3,(H,11,12)/t8-/m0/s1. The van der Waals surface area contributed by atoms with Crippen LogP contribution >= 0.6 is 0 Å². The summed E-state index contributed by atoms with van der Waals surface area (Å²) in [5.74, 6) is -0.107. The second kappa shape index (κ2) is 6.86. The molecule has 0 heterocycles. The van der Waals surface area contributed by atoms with E-state index in [1.807, 2.05) is 13.8 Å². The minimum atomic E-state index is -0.425. The van der Waals surface area contributed by atoms with E-state index in [4.69, 9.17) is 10.5 Å². The monoisotopic (exact) mass is 188 g/mol. The maximum absolute atomic E-state index is 11.0. The van der Waals surface area contributed by atoms with Gasteiger partial charge >= 0.3 is 0 Å². The van der Waals surface area contributed by atoms with Gasteiger partial charge in [-0.2, -0.15) is 0 Å². The zero-order chi connectivity index (χ0) is 10.3. The number of hydrogen-bond donors (Lipinski definition) is 2. The van der Waals surface area contributed by atoms with E-state index in [0.717, 1.165) is 6.42 Å². The molecule has 0 aliphatic heterocycles. The predicted molar refractivity (Wildman–Crippen MR) is 52.4 cm³/mol. The van der Waals surface area contributed by atoms with Gasteiger partial charge in [-0.1, -0.05) is 0 Å². The van der Waals surface area contributed by atoms with Crippen LogP contribution in [0.15, 0.2) is 0 Å². The van der Waals surface area contributed by atoms with Gasteiger partial charge in [0.1, 0.15) is 0 Å². The first-order valence-corrected chi connectivity index (χ1v) is 4.69. The number of amides is 1. The largest absolute Gasteiger partial charge is 0.379 e. The second-order valence-corrected chi connectivity index (χ2v) is 3.35. The van der Waals surface area contributed by atoms with Crippen LogP contribution in [0.1, 0.15) is 27.2 Å². The van der Waals surface area contributed by atoms with Gasteiger partial charge in [0.25, 0.3) is 0 Å². The molecule has 0 aliphatic rings. The third kappa shape index (κ3) is 7.74. The molecule has 0 fully saturated rings. The molecule has 4 heteroatoms. The first-order valence-electron chi connectivity index (χ1n) is 4.69. The van der Waals surface area contributed by atoms with Gasteiger partial charge in [0.15, 0.2) is 0 Å². The van der Waals surface area contributed by atoms with E-state index in [9.17, 15) is 4.79 Å². The normalized spacial score (nSPS) is 13.0. The molecule has 0 aromatic carbocycles. The van der Waals surface area contributed by atoms with Crippen LogP contribution in [-0.4, -0.2) is 31.2 Å². The van der Waals surface area contributed by atoms with Crippen molar-refractivity contribution in [3.8, 4) is 0 Å². The van der Waals surface area contributed by atoms with Crippen LogP contribution in [0.5, 0.6) is 0 Å². The zero-order valence-electron chi connectivity index (χ0n) is 8.67. The Morgan fingerprint density at radius 2 is 2.08 bits per heavy atom.